The highest BCUT2D eigenvalue weighted by molar-refractivity contribution is 7.90. The fourth-order valence-electron chi connectivity index (χ4n) is 3.36. The number of carbonyl (C=O) groups is 1. The largest absolute Gasteiger partial charge is 0.325 e. The lowest BCUT2D eigenvalue weighted by Crippen LogP contribution is -2.31. The molecule has 0 fully saturated rings. The Balaban J connectivity index is 1.60. The monoisotopic (exact) mass is 464 g/mol. The van der Waals surface area contributed by atoms with Gasteiger partial charge in [-0.15, -0.1) is 0 Å². The maximum Gasteiger partial charge on any atom is 0.262 e. The van der Waals surface area contributed by atoms with E-state index in [4.69, 9.17) is 0 Å². The summed E-state index contributed by atoms with van der Waals surface area (Å²) < 4.78 is 54.4. The highest BCUT2D eigenvalue weighted by atomic mass is 32.2. The number of sulfonamides is 1. The quantitative estimate of drug-likeness (QED) is 0.658. The smallest absolute Gasteiger partial charge is 0.262 e. The zero-order chi connectivity index (χ0) is 23.1. The van der Waals surface area contributed by atoms with Gasteiger partial charge in [-0.3, -0.25) is 19.4 Å². The standard InChI is InChI=1S/C22H26F2N4O3S/c1-28(14-16-9-10-19(23)20(24)12-16)15-22(29)26-17-6-5-7-18(13-17)32(30,31)27-21-8-3-2-4-11-25-21/h5-7,9-10,12-13H,2-4,8,11,14-15H2,1H3,(H,25,27)(H,26,29). The van der Waals surface area contributed by atoms with Gasteiger partial charge in [-0.05, 0) is 55.8 Å². The molecule has 172 valence electrons. The van der Waals surface area contributed by atoms with Gasteiger partial charge in [0.25, 0.3) is 10.0 Å². The number of anilines is 1. The Bertz CT molecular complexity index is 1110. The van der Waals surface area contributed by atoms with Crippen molar-refractivity contribution in [2.75, 3.05) is 25.5 Å². The van der Waals surface area contributed by atoms with Gasteiger partial charge in [0.05, 0.1) is 11.4 Å². The summed E-state index contributed by atoms with van der Waals surface area (Å²) in [6, 6.07) is 9.55. The summed E-state index contributed by atoms with van der Waals surface area (Å²) in [6.07, 6.45) is 3.42. The number of aliphatic imine (C=N–C) groups is 1. The molecule has 32 heavy (non-hydrogen) atoms. The summed E-state index contributed by atoms with van der Waals surface area (Å²) in [7, 11) is -2.15. The number of benzene rings is 2. The molecule has 2 aromatic carbocycles. The number of carbonyl (C=O) groups excluding carboxylic acids is 1. The lowest BCUT2D eigenvalue weighted by Gasteiger charge is -2.17. The van der Waals surface area contributed by atoms with Crippen molar-refractivity contribution in [1.82, 2.24) is 9.62 Å². The van der Waals surface area contributed by atoms with E-state index in [1.807, 2.05) is 0 Å². The van der Waals surface area contributed by atoms with Crippen LogP contribution in [0.4, 0.5) is 14.5 Å². The highest BCUT2D eigenvalue weighted by Crippen LogP contribution is 2.17. The molecule has 0 atom stereocenters. The van der Waals surface area contributed by atoms with Gasteiger partial charge in [0.2, 0.25) is 5.91 Å². The van der Waals surface area contributed by atoms with Crippen LogP contribution in [-0.2, 0) is 21.4 Å². The third-order valence-electron chi connectivity index (χ3n) is 4.90. The topological polar surface area (TPSA) is 90.9 Å². The molecule has 1 amide bonds. The zero-order valence-electron chi connectivity index (χ0n) is 17.8. The maximum absolute atomic E-state index is 13.3. The van der Waals surface area contributed by atoms with Gasteiger partial charge in [-0.2, -0.15) is 0 Å². The first-order chi connectivity index (χ1) is 15.2. The van der Waals surface area contributed by atoms with Crippen molar-refractivity contribution in [3.63, 3.8) is 0 Å². The molecule has 0 aromatic heterocycles. The maximum atomic E-state index is 13.3. The minimum atomic E-state index is -3.81. The van der Waals surface area contributed by atoms with E-state index in [0.29, 0.717) is 30.1 Å². The minimum absolute atomic E-state index is 0.0228. The highest BCUT2D eigenvalue weighted by Gasteiger charge is 2.18. The third-order valence-corrected chi connectivity index (χ3v) is 6.28. The van der Waals surface area contributed by atoms with E-state index in [9.17, 15) is 22.0 Å². The Morgan fingerprint density at radius 2 is 1.91 bits per heavy atom. The van der Waals surface area contributed by atoms with Gasteiger partial charge in [-0.1, -0.05) is 18.6 Å². The molecular weight excluding hydrogens is 438 g/mol. The first kappa shape index (κ1) is 23.8. The van der Waals surface area contributed by atoms with Crippen molar-refractivity contribution in [2.24, 2.45) is 4.99 Å². The molecule has 0 unspecified atom stereocenters. The molecule has 10 heteroatoms. The van der Waals surface area contributed by atoms with E-state index in [1.54, 1.807) is 24.1 Å². The lowest BCUT2D eigenvalue weighted by atomic mass is 10.2. The molecule has 1 aliphatic heterocycles. The van der Waals surface area contributed by atoms with Crippen LogP contribution in [0.15, 0.2) is 52.4 Å². The SMILES string of the molecule is CN(CC(=O)Nc1cccc(S(=O)(=O)NC2=NCCCCC2)c1)Cc1ccc(F)c(F)c1. The molecule has 0 bridgehead atoms. The fourth-order valence-corrected chi connectivity index (χ4v) is 4.50. The van der Waals surface area contributed by atoms with E-state index in [-0.39, 0.29) is 23.9 Å². The van der Waals surface area contributed by atoms with E-state index in [2.05, 4.69) is 15.0 Å². The third kappa shape index (κ3) is 6.83. The minimum Gasteiger partial charge on any atom is -0.325 e. The number of halogens is 2. The molecule has 7 nitrogen and oxygen atoms in total. The fraction of sp³-hybridized carbons (Fsp3) is 0.364. The van der Waals surface area contributed by atoms with Crippen molar-refractivity contribution >= 4 is 27.5 Å². The molecule has 1 aliphatic rings. The molecule has 2 aromatic rings. The number of amides is 1. The van der Waals surface area contributed by atoms with Crippen molar-refractivity contribution in [1.29, 1.82) is 0 Å². The van der Waals surface area contributed by atoms with E-state index in [1.165, 1.54) is 18.2 Å². The summed E-state index contributed by atoms with van der Waals surface area (Å²) in [5, 5.41) is 2.67. The summed E-state index contributed by atoms with van der Waals surface area (Å²) in [4.78, 5) is 18.3. The summed E-state index contributed by atoms with van der Waals surface area (Å²) in [5.41, 5.74) is 0.863. The second kappa shape index (κ2) is 10.6. The van der Waals surface area contributed by atoms with Crippen molar-refractivity contribution in [3.05, 3.63) is 59.7 Å². The number of likely N-dealkylation sites (N-methyl/N-ethyl adjacent to an activating group) is 1. The van der Waals surface area contributed by atoms with Crippen LogP contribution in [-0.4, -0.2) is 45.2 Å². The number of hydrogen-bond donors (Lipinski definition) is 2. The normalized spacial score (nSPS) is 14.6. The van der Waals surface area contributed by atoms with Crippen LogP contribution in [0, 0.1) is 11.6 Å². The van der Waals surface area contributed by atoms with Gasteiger partial charge < -0.3 is 5.32 Å². The van der Waals surface area contributed by atoms with Crippen molar-refractivity contribution in [3.8, 4) is 0 Å². The van der Waals surface area contributed by atoms with Gasteiger partial charge in [0.1, 0.15) is 5.84 Å². The molecule has 3 rings (SSSR count). The summed E-state index contributed by atoms with van der Waals surface area (Å²) in [5.74, 6) is -1.78. The Morgan fingerprint density at radius 3 is 2.69 bits per heavy atom. The Morgan fingerprint density at radius 1 is 1.09 bits per heavy atom. The van der Waals surface area contributed by atoms with Crippen molar-refractivity contribution in [2.45, 2.75) is 37.1 Å². The second-order valence-corrected chi connectivity index (χ2v) is 9.42. The average molecular weight is 465 g/mol. The van der Waals surface area contributed by atoms with Gasteiger partial charge >= 0.3 is 0 Å². The molecule has 0 aliphatic carbocycles. The van der Waals surface area contributed by atoms with Gasteiger partial charge in [0, 0.05) is 25.2 Å². The molecule has 1 heterocycles. The number of hydrogen-bond acceptors (Lipinski definition) is 5. The lowest BCUT2D eigenvalue weighted by molar-refractivity contribution is -0.117. The number of nitrogens with zero attached hydrogens (tertiary/aromatic N) is 2. The number of amidine groups is 1. The first-order valence-corrected chi connectivity index (χ1v) is 11.8. The van der Waals surface area contributed by atoms with Crippen LogP contribution < -0.4 is 10.0 Å². The number of nitrogens with one attached hydrogen (secondary N) is 2. The molecule has 0 saturated carbocycles. The first-order valence-electron chi connectivity index (χ1n) is 10.3. The molecular formula is C22H26F2N4O3S. The van der Waals surface area contributed by atoms with E-state index in [0.717, 1.165) is 31.4 Å². The predicted molar refractivity (Wildman–Crippen MR) is 119 cm³/mol. The zero-order valence-corrected chi connectivity index (χ0v) is 18.6. The summed E-state index contributed by atoms with van der Waals surface area (Å²) in [6.45, 7) is 0.822. The number of rotatable bonds is 7. The molecule has 2 N–H and O–H groups in total. The Kier molecular flexibility index (Phi) is 7.92. The van der Waals surface area contributed by atoms with Crippen LogP contribution in [0.3, 0.4) is 0 Å². The Labute approximate surface area is 186 Å². The predicted octanol–water partition coefficient (Wildman–Crippen LogP) is 3.29. The molecule has 0 saturated heterocycles. The van der Waals surface area contributed by atoms with Crippen molar-refractivity contribution < 1.29 is 22.0 Å². The van der Waals surface area contributed by atoms with Gasteiger partial charge in [-0.25, -0.2) is 17.2 Å². The van der Waals surface area contributed by atoms with Gasteiger partial charge in [0.15, 0.2) is 11.6 Å². The van der Waals surface area contributed by atoms with Crippen LogP contribution in [0.5, 0.6) is 0 Å². The molecule has 0 spiro atoms. The van der Waals surface area contributed by atoms with E-state index >= 15 is 0 Å². The summed E-state index contributed by atoms with van der Waals surface area (Å²) >= 11 is 0. The van der Waals surface area contributed by atoms with Crippen LogP contribution >= 0.6 is 0 Å². The van der Waals surface area contributed by atoms with Crippen LogP contribution in [0.2, 0.25) is 0 Å². The molecule has 0 radical (unpaired) electrons. The van der Waals surface area contributed by atoms with Crippen LogP contribution in [0.25, 0.3) is 0 Å². The van der Waals surface area contributed by atoms with E-state index < -0.39 is 21.7 Å². The van der Waals surface area contributed by atoms with Crippen LogP contribution in [0.1, 0.15) is 31.2 Å². The Hall–Kier alpha value is -2.85. The average Bonchev–Trinajstić information content (AvgIpc) is 2.99. The second-order valence-electron chi connectivity index (χ2n) is 7.74.